The van der Waals surface area contributed by atoms with Gasteiger partial charge in [-0.3, -0.25) is 9.59 Å². The van der Waals surface area contributed by atoms with Crippen LogP contribution in [0.3, 0.4) is 0 Å². The minimum Gasteiger partial charge on any atom is -0.373 e. The Morgan fingerprint density at radius 1 is 1.69 bits per heavy atom. The van der Waals surface area contributed by atoms with Crippen molar-refractivity contribution in [3.05, 3.63) is 21.6 Å². The average molecular weight is 245 g/mol. The predicted octanol–water partition coefficient (Wildman–Crippen LogP) is 0.375. The van der Waals surface area contributed by atoms with E-state index in [1.807, 2.05) is 13.8 Å². The summed E-state index contributed by atoms with van der Waals surface area (Å²) in [4.78, 5) is 22.2. The zero-order chi connectivity index (χ0) is 12.3. The first-order valence-corrected chi connectivity index (χ1v) is 5.10. The van der Waals surface area contributed by atoms with E-state index < -0.39 is 11.5 Å². The van der Waals surface area contributed by atoms with Gasteiger partial charge in [0.25, 0.3) is 5.56 Å². The number of carbonyl (C=O) groups is 1. The fraction of sp³-hybridized carbons (Fsp3) is 0.444. The highest BCUT2D eigenvalue weighted by Crippen LogP contribution is 2.15. The summed E-state index contributed by atoms with van der Waals surface area (Å²) in [5, 5.41) is 6.56. The molecule has 0 saturated carbocycles. The van der Waals surface area contributed by atoms with Gasteiger partial charge < -0.3 is 11.1 Å². The van der Waals surface area contributed by atoms with Gasteiger partial charge in [-0.25, -0.2) is 4.68 Å². The predicted molar refractivity (Wildman–Crippen MR) is 61.6 cm³/mol. The number of rotatable bonds is 4. The van der Waals surface area contributed by atoms with E-state index in [9.17, 15) is 9.59 Å². The molecule has 88 valence electrons. The van der Waals surface area contributed by atoms with E-state index in [-0.39, 0.29) is 17.6 Å². The van der Waals surface area contributed by atoms with Crippen LogP contribution in [-0.4, -0.2) is 22.2 Å². The number of nitrogens with two attached hydrogens (primary N) is 1. The maximum absolute atomic E-state index is 11.7. The Morgan fingerprint density at radius 2 is 2.31 bits per heavy atom. The monoisotopic (exact) mass is 244 g/mol. The van der Waals surface area contributed by atoms with Gasteiger partial charge in [0.05, 0.1) is 24.5 Å². The molecule has 1 heterocycles. The lowest BCUT2D eigenvalue weighted by Crippen LogP contribution is -2.27. The second kappa shape index (κ2) is 4.98. The third kappa shape index (κ3) is 2.73. The molecule has 3 N–H and O–H groups in total. The number of hydrogen-bond acceptors (Lipinski definition) is 4. The zero-order valence-corrected chi connectivity index (χ0v) is 9.78. The van der Waals surface area contributed by atoms with Gasteiger partial charge in [0, 0.05) is 0 Å². The molecule has 1 aromatic rings. The second-order valence-corrected chi connectivity index (χ2v) is 3.91. The SMILES string of the molecule is CC(C)n1ncc(NCC(N)=O)c(Cl)c1=O. The fourth-order valence-electron chi connectivity index (χ4n) is 1.12. The summed E-state index contributed by atoms with van der Waals surface area (Å²) >= 11 is 5.84. The Labute approximate surface area is 97.4 Å². The second-order valence-electron chi connectivity index (χ2n) is 3.54. The number of nitrogens with one attached hydrogen (secondary N) is 1. The van der Waals surface area contributed by atoms with Crippen molar-refractivity contribution in [3.63, 3.8) is 0 Å². The lowest BCUT2D eigenvalue weighted by Gasteiger charge is -2.11. The highest BCUT2D eigenvalue weighted by atomic mass is 35.5. The van der Waals surface area contributed by atoms with Gasteiger partial charge in [-0.05, 0) is 13.8 Å². The number of carbonyl (C=O) groups excluding carboxylic acids is 1. The molecular formula is C9H13ClN4O2. The van der Waals surface area contributed by atoms with Crippen LogP contribution in [0.25, 0.3) is 0 Å². The van der Waals surface area contributed by atoms with Crippen molar-refractivity contribution in [2.75, 3.05) is 11.9 Å². The maximum Gasteiger partial charge on any atom is 0.287 e. The zero-order valence-electron chi connectivity index (χ0n) is 9.03. The lowest BCUT2D eigenvalue weighted by molar-refractivity contribution is -0.116. The molecule has 7 heteroatoms. The highest BCUT2D eigenvalue weighted by Gasteiger charge is 2.11. The van der Waals surface area contributed by atoms with Gasteiger partial charge >= 0.3 is 0 Å². The number of nitrogens with zero attached hydrogens (tertiary/aromatic N) is 2. The fourth-order valence-corrected chi connectivity index (χ4v) is 1.32. The summed E-state index contributed by atoms with van der Waals surface area (Å²) in [6, 6.07) is -0.0739. The van der Waals surface area contributed by atoms with Gasteiger partial charge in [0.15, 0.2) is 0 Å². The Kier molecular flexibility index (Phi) is 3.89. The first-order chi connectivity index (χ1) is 7.43. The van der Waals surface area contributed by atoms with Gasteiger partial charge in [0.2, 0.25) is 5.91 Å². The van der Waals surface area contributed by atoms with Crippen molar-refractivity contribution in [1.82, 2.24) is 9.78 Å². The van der Waals surface area contributed by atoms with E-state index in [2.05, 4.69) is 10.4 Å². The third-order valence-electron chi connectivity index (χ3n) is 1.89. The van der Waals surface area contributed by atoms with E-state index in [1.54, 1.807) is 0 Å². The summed E-state index contributed by atoms with van der Waals surface area (Å²) in [6.45, 7) is 3.55. The topological polar surface area (TPSA) is 90.0 Å². The molecule has 0 aromatic carbocycles. The van der Waals surface area contributed by atoms with Crippen LogP contribution >= 0.6 is 11.6 Å². The van der Waals surface area contributed by atoms with Gasteiger partial charge in [0.1, 0.15) is 5.02 Å². The van der Waals surface area contributed by atoms with Gasteiger partial charge in [-0.15, -0.1) is 0 Å². The first-order valence-electron chi connectivity index (χ1n) is 4.73. The minimum atomic E-state index is -0.538. The van der Waals surface area contributed by atoms with E-state index in [1.165, 1.54) is 10.9 Å². The van der Waals surface area contributed by atoms with E-state index in [4.69, 9.17) is 17.3 Å². The molecule has 1 amide bonds. The van der Waals surface area contributed by atoms with Crippen LogP contribution in [0, 0.1) is 0 Å². The van der Waals surface area contributed by atoms with Crippen molar-refractivity contribution in [2.24, 2.45) is 5.73 Å². The van der Waals surface area contributed by atoms with Crippen molar-refractivity contribution in [3.8, 4) is 0 Å². The number of amides is 1. The van der Waals surface area contributed by atoms with E-state index in [0.717, 1.165) is 0 Å². The van der Waals surface area contributed by atoms with Crippen LogP contribution in [0.15, 0.2) is 11.0 Å². The van der Waals surface area contributed by atoms with E-state index >= 15 is 0 Å². The molecule has 0 atom stereocenters. The quantitative estimate of drug-likeness (QED) is 0.801. The third-order valence-corrected chi connectivity index (χ3v) is 2.25. The van der Waals surface area contributed by atoms with Crippen molar-refractivity contribution in [2.45, 2.75) is 19.9 Å². The Hall–Kier alpha value is -1.56. The van der Waals surface area contributed by atoms with Crippen LogP contribution in [-0.2, 0) is 4.79 Å². The molecule has 0 aliphatic heterocycles. The molecule has 0 spiro atoms. The van der Waals surface area contributed by atoms with Crippen molar-refractivity contribution >= 4 is 23.2 Å². The minimum absolute atomic E-state index is 0.00458. The van der Waals surface area contributed by atoms with Crippen LogP contribution in [0.1, 0.15) is 19.9 Å². The number of halogens is 1. The molecule has 0 radical (unpaired) electrons. The number of primary amides is 1. The Bertz CT molecular complexity index is 455. The molecule has 1 aromatic heterocycles. The molecule has 0 unspecified atom stereocenters. The molecule has 0 aliphatic carbocycles. The highest BCUT2D eigenvalue weighted by molar-refractivity contribution is 6.33. The average Bonchev–Trinajstić information content (AvgIpc) is 2.19. The summed E-state index contributed by atoms with van der Waals surface area (Å²) in [5.41, 5.74) is 4.87. The Morgan fingerprint density at radius 3 is 2.81 bits per heavy atom. The lowest BCUT2D eigenvalue weighted by atomic mass is 10.4. The number of aromatic nitrogens is 2. The smallest absolute Gasteiger partial charge is 0.287 e. The summed E-state index contributed by atoms with van der Waals surface area (Å²) in [5.74, 6) is -0.538. The molecule has 6 nitrogen and oxygen atoms in total. The molecular weight excluding hydrogens is 232 g/mol. The van der Waals surface area contributed by atoms with Crippen LogP contribution in [0.5, 0.6) is 0 Å². The summed E-state index contributed by atoms with van der Waals surface area (Å²) < 4.78 is 1.26. The first kappa shape index (κ1) is 12.5. The molecule has 0 bridgehead atoms. The van der Waals surface area contributed by atoms with Gasteiger partial charge in [-0.2, -0.15) is 5.10 Å². The molecule has 0 fully saturated rings. The molecule has 0 aliphatic rings. The number of anilines is 1. The summed E-state index contributed by atoms with van der Waals surface area (Å²) in [7, 11) is 0. The van der Waals surface area contributed by atoms with E-state index in [0.29, 0.717) is 5.69 Å². The van der Waals surface area contributed by atoms with Crippen LogP contribution < -0.4 is 16.6 Å². The number of hydrogen-bond donors (Lipinski definition) is 2. The molecule has 0 saturated heterocycles. The Balaban J connectivity index is 3.03. The van der Waals surface area contributed by atoms with Gasteiger partial charge in [-0.1, -0.05) is 11.6 Å². The largest absolute Gasteiger partial charge is 0.373 e. The van der Waals surface area contributed by atoms with Crippen LogP contribution in [0.4, 0.5) is 5.69 Å². The molecule has 1 rings (SSSR count). The van der Waals surface area contributed by atoms with Crippen molar-refractivity contribution < 1.29 is 4.79 Å². The van der Waals surface area contributed by atoms with Crippen LogP contribution in [0.2, 0.25) is 5.02 Å². The maximum atomic E-state index is 11.7. The summed E-state index contributed by atoms with van der Waals surface area (Å²) in [6.07, 6.45) is 1.40. The van der Waals surface area contributed by atoms with Crippen molar-refractivity contribution in [1.29, 1.82) is 0 Å². The molecule has 16 heavy (non-hydrogen) atoms. The normalized spacial score (nSPS) is 10.5. The standard InChI is InChI=1S/C9H13ClN4O2/c1-5(2)14-9(16)8(10)6(3-13-14)12-4-7(11)15/h3,5,12H,4H2,1-2H3,(H2,11,15).